The summed E-state index contributed by atoms with van der Waals surface area (Å²) < 4.78 is 0. The normalized spacial score (nSPS) is 19.0. The molecule has 226 valence electrons. The molecule has 2 aliphatic rings. The van der Waals surface area contributed by atoms with Gasteiger partial charge in [0.15, 0.2) is 0 Å². The Morgan fingerprint density at radius 3 is 1.78 bits per heavy atom. The van der Waals surface area contributed by atoms with Crippen LogP contribution in [0.1, 0.15) is 32.1 Å². The predicted octanol–water partition coefficient (Wildman–Crippen LogP) is 12.2. The molecule has 3 atom stereocenters. The van der Waals surface area contributed by atoms with Crippen LogP contribution in [-0.2, 0) is 0 Å². The molecule has 2 nitrogen and oxygen atoms in total. The quantitative estimate of drug-likeness (QED) is 0.169. The van der Waals surface area contributed by atoms with Gasteiger partial charge in [0.25, 0.3) is 0 Å². The number of benzene rings is 6. The van der Waals surface area contributed by atoms with Gasteiger partial charge in [0, 0.05) is 34.2 Å². The van der Waals surface area contributed by atoms with E-state index in [0.717, 1.165) is 17.8 Å². The first-order valence-electron chi connectivity index (χ1n) is 16.9. The Morgan fingerprint density at radius 2 is 1.04 bits per heavy atom. The maximum Gasteiger partial charge on any atom is 0.0540 e. The Labute approximate surface area is 273 Å². The fraction of sp³-hybridized carbons (Fsp3) is 0.182. The molecule has 0 N–H and O–H groups in total. The molecule has 8 rings (SSSR count). The van der Waals surface area contributed by atoms with Crippen LogP contribution in [-0.4, -0.2) is 6.04 Å². The summed E-state index contributed by atoms with van der Waals surface area (Å²) in [5.41, 5.74) is 8.50. The molecule has 46 heavy (non-hydrogen) atoms. The molecule has 0 aromatic heterocycles. The zero-order chi connectivity index (χ0) is 30.7. The first kappa shape index (κ1) is 28.4. The van der Waals surface area contributed by atoms with Crippen molar-refractivity contribution in [1.82, 2.24) is 0 Å². The standard InChI is InChI=1S/C44H40N2/c1-3-17-37(18-4-1)45(43-23-11-15-35-13-7-9-21-41(35)43)39-29-25-33(26-30-39)34-27-31-40(32-28-34)46(38-19-5-2-6-20-38)44-24-12-16-36-14-8-10-22-42(36)44/h1-7,9,11-13,15-21,23,25-32,36,42,44H,8,10,14,22,24H2. The SMILES string of the molecule is C1=CC2CCCCC2C(N(c2ccccc2)c2ccc(-c3ccc(N(c4ccccc4)c4cccc5ccccc45)cc3)cc2)C1. The smallest absolute Gasteiger partial charge is 0.0540 e. The molecule has 2 heteroatoms. The molecular weight excluding hydrogens is 556 g/mol. The van der Waals surface area contributed by atoms with Crippen molar-refractivity contribution < 1.29 is 0 Å². The van der Waals surface area contributed by atoms with Crippen molar-refractivity contribution in [3.05, 3.63) is 164 Å². The van der Waals surface area contributed by atoms with Crippen molar-refractivity contribution in [2.75, 3.05) is 9.80 Å². The predicted molar refractivity (Wildman–Crippen MR) is 196 cm³/mol. The summed E-state index contributed by atoms with van der Waals surface area (Å²) in [5, 5.41) is 2.48. The summed E-state index contributed by atoms with van der Waals surface area (Å²) in [6, 6.07) is 55.7. The highest BCUT2D eigenvalue weighted by molar-refractivity contribution is 5.99. The van der Waals surface area contributed by atoms with Gasteiger partial charge in [-0.3, -0.25) is 0 Å². The van der Waals surface area contributed by atoms with Gasteiger partial charge in [0.1, 0.15) is 0 Å². The first-order valence-corrected chi connectivity index (χ1v) is 16.9. The monoisotopic (exact) mass is 596 g/mol. The molecule has 0 saturated heterocycles. The third-order valence-electron chi connectivity index (χ3n) is 10.1. The van der Waals surface area contributed by atoms with E-state index in [1.54, 1.807) is 0 Å². The zero-order valence-corrected chi connectivity index (χ0v) is 26.3. The Kier molecular flexibility index (Phi) is 7.86. The van der Waals surface area contributed by atoms with E-state index < -0.39 is 0 Å². The largest absolute Gasteiger partial charge is 0.338 e. The molecule has 2 aliphatic carbocycles. The Balaban J connectivity index is 1.12. The summed E-state index contributed by atoms with van der Waals surface area (Å²) >= 11 is 0. The van der Waals surface area contributed by atoms with Gasteiger partial charge in [-0.2, -0.15) is 0 Å². The molecular formula is C44H40N2. The molecule has 0 bridgehead atoms. The van der Waals surface area contributed by atoms with E-state index >= 15 is 0 Å². The lowest BCUT2D eigenvalue weighted by Crippen LogP contribution is -2.43. The highest BCUT2D eigenvalue weighted by Crippen LogP contribution is 2.44. The third-order valence-corrected chi connectivity index (χ3v) is 10.1. The summed E-state index contributed by atoms with van der Waals surface area (Å²) in [6.07, 6.45) is 11.4. The van der Waals surface area contributed by atoms with Crippen LogP contribution in [0.3, 0.4) is 0 Å². The van der Waals surface area contributed by atoms with Gasteiger partial charge in [-0.15, -0.1) is 0 Å². The second-order valence-electron chi connectivity index (χ2n) is 12.8. The van der Waals surface area contributed by atoms with E-state index in [1.165, 1.54) is 64.6 Å². The number of anilines is 5. The minimum Gasteiger partial charge on any atom is -0.338 e. The van der Waals surface area contributed by atoms with Crippen molar-refractivity contribution in [2.24, 2.45) is 11.8 Å². The molecule has 0 amide bonds. The molecule has 6 aromatic rings. The van der Waals surface area contributed by atoms with Crippen LogP contribution in [0.25, 0.3) is 21.9 Å². The van der Waals surface area contributed by atoms with Gasteiger partial charge in [0.05, 0.1) is 5.69 Å². The average Bonchev–Trinajstić information content (AvgIpc) is 3.14. The van der Waals surface area contributed by atoms with Crippen LogP contribution in [0.15, 0.2) is 164 Å². The Morgan fingerprint density at radius 1 is 0.478 bits per heavy atom. The number of fused-ring (bicyclic) bond motifs is 2. The van der Waals surface area contributed by atoms with Gasteiger partial charge in [-0.25, -0.2) is 0 Å². The van der Waals surface area contributed by atoms with Gasteiger partial charge < -0.3 is 9.80 Å². The van der Waals surface area contributed by atoms with Crippen LogP contribution in [0, 0.1) is 11.8 Å². The highest BCUT2D eigenvalue weighted by atomic mass is 15.2. The zero-order valence-electron chi connectivity index (χ0n) is 26.3. The number of hydrogen-bond donors (Lipinski definition) is 0. The number of para-hydroxylation sites is 2. The second-order valence-corrected chi connectivity index (χ2v) is 12.8. The second kappa shape index (κ2) is 12.7. The molecule has 0 heterocycles. The van der Waals surface area contributed by atoms with Crippen molar-refractivity contribution in [3.63, 3.8) is 0 Å². The highest BCUT2D eigenvalue weighted by Gasteiger charge is 2.36. The average molecular weight is 597 g/mol. The maximum absolute atomic E-state index is 2.63. The van der Waals surface area contributed by atoms with E-state index in [-0.39, 0.29) is 0 Å². The fourth-order valence-electron chi connectivity index (χ4n) is 7.92. The van der Waals surface area contributed by atoms with Gasteiger partial charge >= 0.3 is 0 Å². The summed E-state index contributed by atoms with van der Waals surface area (Å²) in [5.74, 6) is 1.42. The van der Waals surface area contributed by atoms with Crippen LogP contribution in [0.5, 0.6) is 0 Å². The molecule has 0 spiro atoms. The molecule has 0 radical (unpaired) electrons. The summed E-state index contributed by atoms with van der Waals surface area (Å²) in [4.78, 5) is 4.99. The topological polar surface area (TPSA) is 6.48 Å². The molecule has 1 saturated carbocycles. The third kappa shape index (κ3) is 5.49. The lowest BCUT2D eigenvalue weighted by Gasteiger charge is -2.45. The first-order chi connectivity index (χ1) is 22.8. The number of hydrogen-bond acceptors (Lipinski definition) is 2. The minimum atomic E-state index is 0.487. The van der Waals surface area contributed by atoms with Crippen molar-refractivity contribution in [2.45, 2.75) is 38.1 Å². The van der Waals surface area contributed by atoms with Crippen LogP contribution >= 0.6 is 0 Å². The molecule has 6 aromatic carbocycles. The number of nitrogens with zero attached hydrogens (tertiary/aromatic N) is 2. The number of rotatable bonds is 7. The molecule has 1 fully saturated rings. The summed E-state index contributed by atoms with van der Waals surface area (Å²) in [6.45, 7) is 0. The Bertz CT molecular complexity index is 1920. The van der Waals surface area contributed by atoms with Gasteiger partial charge in [0.2, 0.25) is 0 Å². The molecule has 3 unspecified atom stereocenters. The van der Waals surface area contributed by atoms with Crippen molar-refractivity contribution in [1.29, 1.82) is 0 Å². The lowest BCUT2D eigenvalue weighted by atomic mass is 9.71. The maximum atomic E-state index is 2.63. The van der Waals surface area contributed by atoms with Crippen molar-refractivity contribution in [3.8, 4) is 11.1 Å². The summed E-state index contributed by atoms with van der Waals surface area (Å²) in [7, 11) is 0. The fourth-order valence-corrected chi connectivity index (χ4v) is 7.92. The number of allylic oxidation sites excluding steroid dienone is 1. The van der Waals surface area contributed by atoms with Crippen molar-refractivity contribution >= 4 is 39.2 Å². The van der Waals surface area contributed by atoms with Crippen LogP contribution in [0.4, 0.5) is 28.4 Å². The van der Waals surface area contributed by atoms with Gasteiger partial charge in [-0.05, 0) is 102 Å². The van der Waals surface area contributed by atoms with E-state index in [2.05, 4.69) is 174 Å². The lowest BCUT2D eigenvalue weighted by molar-refractivity contribution is 0.230. The Hall–Kier alpha value is -5.08. The van der Waals surface area contributed by atoms with Crippen LogP contribution < -0.4 is 9.80 Å². The van der Waals surface area contributed by atoms with E-state index in [4.69, 9.17) is 0 Å². The van der Waals surface area contributed by atoms with E-state index in [9.17, 15) is 0 Å². The van der Waals surface area contributed by atoms with E-state index in [1.807, 2.05) is 0 Å². The van der Waals surface area contributed by atoms with Crippen LogP contribution in [0.2, 0.25) is 0 Å². The van der Waals surface area contributed by atoms with Gasteiger partial charge in [-0.1, -0.05) is 122 Å². The van der Waals surface area contributed by atoms with E-state index in [0.29, 0.717) is 17.9 Å². The minimum absolute atomic E-state index is 0.487. The molecule has 0 aliphatic heterocycles.